The van der Waals surface area contributed by atoms with Crippen LogP contribution in [0.25, 0.3) is 0 Å². The van der Waals surface area contributed by atoms with Crippen LogP contribution in [0.5, 0.6) is 0 Å². The van der Waals surface area contributed by atoms with Gasteiger partial charge in [0, 0.05) is 5.92 Å². The van der Waals surface area contributed by atoms with Crippen LogP contribution in [0, 0.1) is 5.82 Å². The third-order valence-electron chi connectivity index (χ3n) is 2.24. The van der Waals surface area contributed by atoms with Gasteiger partial charge in [0.05, 0.1) is 6.42 Å². The molecule has 0 aliphatic heterocycles. The second-order valence-electron chi connectivity index (χ2n) is 3.99. The molecule has 0 bridgehead atoms. The first-order valence-electron chi connectivity index (χ1n) is 5.22. The zero-order valence-electron chi connectivity index (χ0n) is 9.27. The molecular weight excluding hydrogens is 207 g/mol. The summed E-state index contributed by atoms with van der Waals surface area (Å²) in [5.74, 6) is 1.19. The maximum absolute atomic E-state index is 12.7. The summed E-state index contributed by atoms with van der Waals surface area (Å²) in [6.45, 7) is 3.99. The fourth-order valence-corrected chi connectivity index (χ4v) is 1.35. The Kier molecular flexibility index (Phi) is 2.99. The quantitative estimate of drug-likeness (QED) is 0.798. The van der Waals surface area contributed by atoms with Crippen LogP contribution in [-0.4, -0.2) is 10.2 Å². The van der Waals surface area contributed by atoms with E-state index in [-0.39, 0.29) is 11.7 Å². The molecule has 0 spiro atoms. The van der Waals surface area contributed by atoms with Gasteiger partial charge in [-0.1, -0.05) is 26.0 Å². The van der Waals surface area contributed by atoms with E-state index in [1.54, 1.807) is 12.1 Å². The number of hydrogen-bond donors (Lipinski definition) is 0. The normalized spacial score (nSPS) is 11.0. The zero-order valence-corrected chi connectivity index (χ0v) is 9.27. The lowest BCUT2D eigenvalue weighted by Crippen LogP contribution is -1.88. The maximum atomic E-state index is 12.7. The summed E-state index contributed by atoms with van der Waals surface area (Å²) in [7, 11) is 0. The van der Waals surface area contributed by atoms with Crippen LogP contribution in [0.15, 0.2) is 28.7 Å². The molecule has 1 aromatic heterocycles. The van der Waals surface area contributed by atoms with Crippen LogP contribution in [-0.2, 0) is 6.42 Å². The summed E-state index contributed by atoms with van der Waals surface area (Å²) >= 11 is 0. The zero-order chi connectivity index (χ0) is 11.5. The number of hydrogen-bond acceptors (Lipinski definition) is 3. The minimum atomic E-state index is -0.239. The van der Waals surface area contributed by atoms with Gasteiger partial charge in [-0.3, -0.25) is 0 Å². The van der Waals surface area contributed by atoms with Gasteiger partial charge in [-0.05, 0) is 17.7 Å². The Labute approximate surface area is 93.3 Å². The lowest BCUT2D eigenvalue weighted by Gasteiger charge is -1.97. The summed E-state index contributed by atoms with van der Waals surface area (Å²) in [6.07, 6.45) is 0.542. The number of halogens is 1. The lowest BCUT2D eigenvalue weighted by atomic mass is 10.1. The second-order valence-corrected chi connectivity index (χ2v) is 3.99. The molecular formula is C12H13FN2O. The molecule has 3 nitrogen and oxygen atoms in total. The standard InChI is InChI=1S/C12H13FN2O/c1-8(2)12-15-14-11(16-12)7-9-3-5-10(13)6-4-9/h3-6,8H,7H2,1-2H3. The molecule has 0 saturated carbocycles. The smallest absolute Gasteiger partial charge is 0.220 e. The number of rotatable bonds is 3. The highest BCUT2D eigenvalue weighted by atomic mass is 19.1. The summed E-state index contributed by atoms with van der Waals surface area (Å²) in [5.41, 5.74) is 0.959. The summed E-state index contributed by atoms with van der Waals surface area (Å²) in [6, 6.07) is 6.28. The molecule has 0 amide bonds. The molecule has 0 aliphatic rings. The Morgan fingerprint density at radius 2 is 1.88 bits per heavy atom. The van der Waals surface area contributed by atoms with Gasteiger partial charge in [0.15, 0.2) is 0 Å². The Morgan fingerprint density at radius 3 is 2.44 bits per heavy atom. The van der Waals surface area contributed by atoms with Gasteiger partial charge in [0.2, 0.25) is 11.8 Å². The third kappa shape index (κ3) is 2.45. The van der Waals surface area contributed by atoms with E-state index in [9.17, 15) is 4.39 Å². The van der Waals surface area contributed by atoms with E-state index >= 15 is 0 Å². The maximum Gasteiger partial charge on any atom is 0.220 e. The third-order valence-corrected chi connectivity index (χ3v) is 2.24. The largest absolute Gasteiger partial charge is 0.425 e. The van der Waals surface area contributed by atoms with Gasteiger partial charge in [-0.2, -0.15) is 0 Å². The van der Waals surface area contributed by atoms with E-state index in [1.807, 2.05) is 13.8 Å². The molecule has 4 heteroatoms. The Morgan fingerprint density at radius 1 is 1.19 bits per heavy atom. The van der Waals surface area contributed by atoms with Crippen molar-refractivity contribution in [3.63, 3.8) is 0 Å². The molecule has 0 aliphatic carbocycles. The van der Waals surface area contributed by atoms with Gasteiger partial charge >= 0.3 is 0 Å². The average molecular weight is 220 g/mol. The van der Waals surface area contributed by atoms with Crippen molar-refractivity contribution in [3.05, 3.63) is 47.4 Å². The summed E-state index contributed by atoms with van der Waals surface area (Å²) < 4.78 is 18.1. The molecule has 0 atom stereocenters. The van der Waals surface area contributed by atoms with E-state index in [0.717, 1.165) is 5.56 Å². The highest BCUT2D eigenvalue weighted by Crippen LogP contribution is 2.14. The second kappa shape index (κ2) is 4.43. The first-order valence-corrected chi connectivity index (χ1v) is 5.22. The van der Waals surface area contributed by atoms with Gasteiger partial charge in [0.25, 0.3) is 0 Å². The Hall–Kier alpha value is -1.71. The fourth-order valence-electron chi connectivity index (χ4n) is 1.35. The molecule has 0 N–H and O–H groups in total. The van der Waals surface area contributed by atoms with Crippen LogP contribution >= 0.6 is 0 Å². The van der Waals surface area contributed by atoms with Crippen molar-refractivity contribution in [1.82, 2.24) is 10.2 Å². The predicted molar refractivity (Wildman–Crippen MR) is 57.6 cm³/mol. The Balaban J connectivity index is 2.11. The van der Waals surface area contributed by atoms with E-state index in [0.29, 0.717) is 18.2 Å². The van der Waals surface area contributed by atoms with Crippen LogP contribution < -0.4 is 0 Å². The van der Waals surface area contributed by atoms with Crippen molar-refractivity contribution in [2.24, 2.45) is 0 Å². The van der Waals surface area contributed by atoms with Crippen molar-refractivity contribution in [1.29, 1.82) is 0 Å². The van der Waals surface area contributed by atoms with Crippen LogP contribution in [0.2, 0.25) is 0 Å². The Bertz CT molecular complexity index is 462. The highest BCUT2D eigenvalue weighted by molar-refractivity contribution is 5.18. The molecule has 1 heterocycles. The van der Waals surface area contributed by atoms with Crippen molar-refractivity contribution in [3.8, 4) is 0 Å². The average Bonchev–Trinajstić information content (AvgIpc) is 2.70. The van der Waals surface area contributed by atoms with Crippen LogP contribution in [0.4, 0.5) is 4.39 Å². The molecule has 0 unspecified atom stereocenters. The molecule has 0 radical (unpaired) electrons. The number of aromatic nitrogens is 2. The predicted octanol–water partition coefficient (Wildman–Crippen LogP) is 2.92. The van der Waals surface area contributed by atoms with Gasteiger partial charge < -0.3 is 4.42 Å². The topological polar surface area (TPSA) is 38.9 Å². The molecule has 0 saturated heterocycles. The van der Waals surface area contributed by atoms with Crippen LogP contribution in [0.3, 0.4) is 0 Å². The van der Waals surface area contributed by atoms with Gasteiger partial charge in [-0.15, -0.1) is 10.2 Å². The first kappa shape index (κ1) is 10.8. The van der Waals surface area contributed by atoms with Crippen LogP contribution in [0.1, 0.15) is 37.1 Å². The molecule has 0 fully saturated rings. The van der Waals surface area contributed by atoms with E-state index in [2.05, 4.69) is 10.2 Å². The summed E-state index contributed by atoms with van der Waals surface area (Å²) in [5, 5.41) is 7.88. The molecule has 84 valence electrons. The molecule has 1 aromatic carbocycles. The van der Waals surface area contributed by atoms with Crippen molar-refractivity contribution in [2.45, 2.75) is 26.2 Å². The van der Waals surface area contributed by atoms with E-state index in [1.165, 1.54) is 12.1 Å². The van der Waals surface area contributed by atoms with Gasteiger partial charge in [0.1, 0.15) is 5.82 Å². The summed E-state index contributed by atoms with van der Waals surface area (Å²) in [4.78, 5) is 0. The van der Waals surface area contributed by atoms with Crippen molar-refractivity contribution in [2.75, 3.05) is 0 Å². The SMILES string of the molecule is CC(C)c1nnc(Cc2ccc(F)cc2)o1. The highest BCUT2D eigenvalue weighted by Gasteiger charge is 2.09. The van der Waals surface area contributed by atoms with E-state index < -0.39 is 0 Å². The minimum Gasteiger partial charge on any atom is -0.425 e. The van der Waals surface area contributed by atoms with E-state index in [4.69, 9.17) is 4.42 Å². The van der Waals surface area contributed by atoms with Crippen molar-refractivity contribution >= 4 is 0 Å². The molecule has 2 rings (SSSR count). The monoisotopic (exact) mass is 220 g/mol. The lowest BCUT2D eigenvalue weighted by molar-refractivity contribution is 0.439. The minimum absolute atomic E-state index is 0.231. The molecule has 16 heavy (non-hydrogen) atoms. The van der Waals surface area contributed by atoms with Gasteiger partial charge in [-0.25, -0.2) is 4.39 Å². The fraction of sp³-hybridized carbons (Fsp3) is 0.333. The first-order chi connectivity index (χ1) is 7.65. The molecule has 2 aromatic rings. The number of nitrogens with zero attached hydrogens (tertiary/aromatic N) is 2. The number of benzene rings is 1. The van der Waals surface area contributed by atoms with Crippen molar-refractivity contribution < 1.29 is 8.81 Å².